The summed E-state index contributed by atoms with van der Waals surface area (Å²) in [7, 11) is 0. The van der Waals surface area contributed by atoms with Gasteiger partial charge in [0.25, 0.3) is 0 Å². The van der Waals surface area contributed by atoms with Crippen LogP contribution in [-0.4, -0.2) is 29.1 Å². The molecule has 2 unspecified atom stereocenters. The highest BCUT2D eigenvalue weighted by Crippen LogP contribution is 2.32. The lowest BCUT2D eigenvalue weighted by molar-refractivity contribution is -0.153. The molecule has 2 atom stereocenters. The van der Waals surface area contributed by atoms with Crippen molar-refractivity contribution < 1.29 is 42.1 Å². The predicted octanol–water partition coefficient (Wildman–Crippen LogP) is 6.55. The van der Waals surface area contributed by atoms with E-state index in [-0.39, 0.29) is 17.1 Å². The first-order valence-corrected chi connectivity index (χ1v) is 11.1. The fourth-order valence-corrected chi connectivity index (χ4v) is 3.30. The molecule has 0 aliphatic carbocycles. The van der Waals surface area contributed by atoms with Crippen LogP contribution in [0.15, 0.2) is 71.2 Å². The summed E-state index contributed by atoms with van der Waals surface area (Å²) >= 11 is 3.22. The summed E-state index contributed by atoms with van der Waals surface area (Å²) in [4.78, 5) is 24.9. The molecule has 6 nitrogen and oxygen atoms in total. The molecule has 0 aliphatic rings. The molecule has 0 aromatic heterocycles. The fraction of sp³-hybridized carbons (Fsp3) is 0.200. The number of phenols is 1. The standard InChI is InChI=1S/C25H20BrF3O6/c1-14(23(31)21-13-17(26)5-12-22(21)30)34-24(32)15(2)33-18-8-10-20(11-9-18)35-19-6-3-16(4-7-19)25(27,28)29/h3-15,30H,1-2H3. The van der Waals surface area contributed by atoms with Crippen molar-refractivity contribution in [2.75, 3.05) is 0 Å². The van der Waals surface area contributed by atoms with Gasteiger partial charge in [-0.05, 0) is 80.6 Å². The average molecular weight is 553 g/mol. The number of ketones is 1. The van der Waals surface area contributed by atoms with E-state index < -0.39 is 35.7 Å². The van der Waals surface area contributed by atoms with Crippen LogP contribution in [0.5, 0.6) is 23.0 Å². The van der Waals surface area contributed by atoms with Gasteiger partial charge in [-0.15, -0.1) is 0 Å². The van der Waals surface area contributed by atoms with Gasteiger partial charge in [-0.3, -0.25) is 4.79 Å². The number of esters is 1. The van der Waals surface area contributed by atoms with Gasteiger partial charge in [-0.2, -0.15) is 13.2 Å². The van der Waals surface area contributed by atoms with Crippen LogP contribution in [0.1, 0.15) is 29.8 Å². The normalized spacial score (nSPS) is 13.0. The van der Waals surface area contributed by atoms with E-state index in [4.69, 9.17) is 14.2 Å². The molecule has 35 heavy (non-hydrogen) atoms. The summed E-state index contributed by atoms with van der Waals surface area (Å²) in [5.74, 6) is -0.722. The minimum absolute atomic E-state index is 0.0110. The number of phenolic OH excluding ortho intramolecular Hbond substituents is 1. The van der Waals surface area contributed by atoms with E-state index in [2.05, 4.69) is 15.9 Å². The van der Waals surface area contributed by atoms with Gasteiger partial charge >= 0.3 is 12.1 Å². The first-order valence-electron chi connectivity index (χ1n) is 10.3. The van der Waals surface area contributed by atoms with Crippen LogP contribution in [0.25, 0.3) is 0 Å². The zero-order valence-corrected chi connectivity index (χ0v) is 20.1. The summed E-state index contributed by atoms with van der Waals surface area (Å²) in [6.07, 6.45) is -6.64. The third-order valence-corrected chi connectivity index (χ3v) is 5.27. The molecule has 0 fully saturated rings. The molecule has 0 saturated carbocycles. The second-order valence-electron chi connectivity index (χ2n) is 7.46. The summed E-state index contributed by atoms with van der Waals surface area (Å²) in [5, 5.41) is 9.89. The van der Waals surface area contributed by atoms with Crippen molar-refractivity contribution in [2.24, 2.45) is 0 Å². The minimum atomic E-state index is -4.43. The maximum atomic E-state index is 12.7. The zero-order chi connectivity index (χ0) is 25.8. The lowest BCUT2D eigenvalue weighted by Gasteiger charge is -2.18. The molecule has 0 aliphatic heterocycles. The third-order valence-electron chi connectivity index (χ3n) is 4.77. The van der Waals surface area contributed by atoms with E-state index in [0.717, 1.165) is 12.1 Å². The molecule has 10 heteroatoms. The first kappa shape index (κ1) is 26.1. The number of rotatable bonds is 8. The molecule has 0 amide bonds. The molecule has 1 N–H and O–H groups in total. The maximum Gasteiger partial charge on any atom is 0.416 e. The highest BCUT2D eigenvalue weighted by molar-refractivity contribution is 9.10. The van der Waals surface area contributed by atoms with Gasteiger partial charge in [0, 0.05) is 4.47 Å². The molecule has 184 valence electrons. The SMILES string of the molecule is CC(Oc1ccc(Oc2ccc(C(F)(F)F)cc2)cc1)C(=O)OC(C)C(=O)c1cc(Br)ccc1O. The Bertz CT molecular complexity index is 1190. The number of benzene rings is 3. The van der Waals surface area contributed by atoms with Crippen LogP contribution in [0.2, 0.25) is 0 Å². The van der Waals surface area contributed by atoms with Gasteiger partial charge in [-0.25, -0.2) is 4.79 Å². The van der Waals surface area contributed by atoms with Gasteiger partial charge in [0.1, 0.15) is 23.0 Å². The molecule has 0 saturated heterocycles. The second kappa shape index (κ2) is 10.8. The molecular weight excluding hydrogens is 533 g/mol. The van der Waals surface area contributed by atoms with Crippen molar-refractivity contribution in [2.45, 2.75) is 32.2 Å². The number of hydrogen-bond acceptors (Lipinski definition) is 6. The molecule has 0 spiro atoms. The number of halogens is 4. The summed E-state index contributed by atoms with van der Waals surface area (Å²) in [5.41, 5.74) is -0.768. The van der Waals surface area contributed by atoms with Gasteiger partial charge in [0.2, 0.25) is 5.78 Å². The number of aromatic hydroxyl groups is 1. The molecule has 0 radical (unpaired) electrons. The van der Waals surface area contributed by atoms with E-state index >= 15 is 0 Å². The largest absolute Gasteiger partial charge is 0.507 e. The van der Waals surface area contributed by atoms with Crippen LogP contribution in [0.4, 0.5) is 13.2 Å². The van der Waals surface area contributed by atoms with E-state index in [1.807, 2.05) is 0 Å². The van der Waals surface area contributed by atoms with Crippen molar-refractivity contribution >= 4 is 27.7 Å². The van der Waals surface area contributed by atoms with E-state index in [1.54, 1.807) is 6.07 Å². The zero-order valence-electron chi connectivity index (χ0n) is 18.5. The summed E-state index contributed by atoms with van der Waals surface area (Å²) in [6.45, 7) is 2.84. The van der Waals surface area contributed by atoms with Crippen molar-refractivity contribution in [1.29, 1.82) is 0 Å². The van der Waals surface area contributed by atoms with Gasteiger partial charge in [0.15, 0.2) is 12.2 Å². The number of alkyl halides is 3. The molecule has 0 bridgehead atoms. The number of carbonyl (C=O) groups is 2. The van der Waals surface area contributed by atoms with Crippen LogP contribution in [0, 0.1) is 0 Å². The Morgan fingerprint density at radius 3 is 1.97 bits per heavy atom. The molecular formula is C25H20BrF3O6. The number of Topliss-reactive ketones (excluding diaryl/α,β-unsaturated/α-hetero) is 1. The van der Waals surface area contributed by atoms with Crippen molar-refractivity contribution in [3.05, 3.63) is 82.3 Å². The van der Waals surface area contributed by atoms with Crippen molar-refractivity contribution in [3.8, 4) is 23.0 Å². The second-order valence-corrected chi connectivity index (χ2v) is 8.38. The monoisotopic (exact) mass is 552 g/mol. The molecule has 3 aromatic carbocycles. The van der Waals surface area contributed by atoms with E-state index in [9.17, 15) is 27.9 Å². The topological polar surface area (TPSA) is 82.1 Å². The Morgan fingerprint density at radius 2 is 1.40 bits per heavy atom. The van der Waals surface area contributed by atoms with Crippen LogP contribution in [-0.2, 0) is 15.7 Å². The predicted molar refractivity (Wildman–Crippen MR) is 124 cm³/mol. The summed E-state index contributed by atoms with van der Waals surface area (Å²) in [6, 6.07) is 14.7. The Morgan fingerprint density at radius 1 is 0.857 bits per heavy atom. The van der Waals surface area contributed by atoms with Crippen LogP contribution >= 0.6 is 15.9 Å². The lowest BCUT2D eigenvalue weighted by Crippen LogP contribution is -2.32. The highest BCUT2D eigenvalue weighted by atomic mass is 79.9. The van der Waals surface area contributed by atoms with Crippen molar-refractivity contribution in [1.82, 2.24) is 0 Å². The Kier molecular flexibility index (Phi) is 8.06. The lowest BCUT2D eigenvalue weighted by atomic mass is 10.1. The molecule has 3 rings (SSSR count). The minimum Gasteiger partial charge on any atom is -0.507 e. The van der Waals surface area contributed by atoms with Crippen LogP contribution < -0.4 is 9.47 Å². The average Bonchev–Trinajstić information content (AvgIpc) is 2.81. The highest BCUT2D eigenvalue weighted by Gasteiger charge is 2.30. The van der Waals surface area contributed by atoms with Crippen LogP contribution in [0.3, 0.4) is 0 Å². The Hall–Kier alpha value is -3.53. The summed E-state index contributed by atoms with van der Waals surface area (Å²) < 4.78 is 54.8. The number of hydrogen-bond donors (Lipinski definition) is 1. The number of ether oxygens (including phenoxy) is 3. The smallest absolute Gasteiger partial charge is 0.416 e. The van der Waals surface area contributed by atoms with Gasteiger partial charge in [-0.1, -0.05) is 15.9 Å². The maximum absolute atomic E-state index is 12.7. The van der Waals surface area contributed by atoms with Gasteiger partial charge < -0.3 is 19.3 Å². The quantitative estimate of drug-likeness (QED) is 0.252. The Balaban J connectivity index is 1.55. The molecule has 0 heterocycles. The molecule has 3 aromatic rings. The number of carbonyl (C=O) groups excluding carboxylic acids is 2. The van der Waals surface area contributed by atoms with E-state index in [0.29, 0.717) is 16.0 Å². The fourth-order valence-electron chi connectivity index (χ4n) is 2.93. The Labute approximate surface area is 207 Å². The van der Waals surface area contributed by atoms with E-state index in [1.165, 1.54) is 62.4 Å². The van der Waals surface area contributed by atoms with Crippen molar-refractivity contribution in [3.63, 3.8) is 0 Å². The first-order chi connectivity index (χ1) is 16.4. The third kappa shape index (κ3) is 6.98. The van der Waals surface area contributed by atoms with Gasteiger partial charge in [0.05, 0.1) is 11.1 Å².